The van der Waals surface area contributed by atoms with E-state index in [1.54, 1.807) is 4.68 Å². The van der Waals surface area contributed by atoms with E-state index < -0.39 is 21.9 Å². The molecule has 8 nitrogen and oxygen atoms in total. The van der Waals surface area contributed by atoms with Crippen LogP contribution in [0, 0.1) is 5.82 Å². The molecule has 0 spiro atoms. The second kappa shape index (κ2) is 10.9. The van der Waals surface area contributed by atoms with Crippen LogP contribution in [0.5, 0.6) is 0 Å². The summed E-state index contributed by atoms with van der Waals surface area (Å²) in [5.74, 6) is -0.563. The van der Waals surface area contributed by atoms with Gasteiger partial charge in [0.1, 0.15) is 5.82 Å². The lowest BCUT2D eigenvalue weighted by molar-refractivity contribution is 0.256. The van der Waals surface area contributed by atoms with Crippen LogP contribution in [0.3, 0.4) is 0 Å². The molecular formula is C24H38FN5O3S. The Labute approximate surface area is 203 Å². The van der Waals surface area contributed by atoms with Crippen LogP contribution in [-0.2, 0) is 10.0 Å². The van der Waals surface area contributed by atoms with E-state index >= 15 is 0 Å². The third-order valence-electron chi connectivity index (χ3n) is 5.73. The Morgan fingerprint density at radius 1 is 1.06 bits per heavy atom. The summed E-state index contributed by atoms with van der Waals surface area (Å²) in [4.78, 5) is 14.8. The Bertz CT molecular complexity index is 1090. The number of rotatable bonds is 9. The highest BCUT2D eigenvalue weighted by molar-refractivity contribution is 7.90. The van der Waals surface area contributed by atoms with Crippen molar-refractivity contribution in [2.24, 2.45) is 0 Å². The third kappa shape index (κ3) is 6.15. The second-order valence-corrected chi connectivity index (χ2v) is 11.3. The fraction of sp³-hybridized carbons (Fsp3) is 0.583. The topological polar surface area (TPSA) is 96.3 Å². The Hall–Kier alpha value is -2.46. The number of urea groups is 1. The Kier molecular flexibility index (Phi) is 8.87. The van der Waals surface area contributed by atoms with Crippen molar-refractivity contribution >= 4 is 21.7 Å². The zero-order valence-corrected chi connectivity index (χ0v) is 22.4. The van der Waals surface area contributed by atoms with Gasteiger partial charge in [-0.15, -0.1) is 0 Å². The summed E-state index contributed by atoms with van der Waals surface area (Å²) in [7, 11) is -0.396. The molecule has 1 unspecified atom stereocenters. The van der Waals surface area contributed by atoms with Crippen molar-refractivity contribution in [3.05, 3.63) is 40.8 Å². The van der Waals surface area contributed by atoms with Crippen molar-refractivity contribution in [3.63, 3.8) is 0 Å². The molecule has 0 aliphatic heterocycles. The lowest BCUT2D eigenvalue weighted by Crippen LogP contribution is -2.35. The quantitative estimate of drug-likeness (QED) is 0.487. The average Bonchev–Trinajstić information content (AvgIpc) is 3.14. The molecule has 0 aliphatic carbocycles. The van der Waals surface area contributed by atoms with Crippen LogP contribution in [0.4, 0.5) is 14.9 Å². The highest BCUT2D eigenvalue weighted by atomic mass is 32.2. The van der Waals surface area contributed by atoms with Gasteiger partial charge in [-0.3, -0.25) is 4.68 Å². The average molecular weight is 496 g/mol. The first-order valence-corrected chi connectivity index (χ1v) is 13.1. The monoisotopic (exact) mass is 495 g/mol. The lowest BCUT2D eigenvalue weighted by Gasteiger charge is -2.24. The summed E-state index contributed by atoms with van der Waals surface area (Å²) >= 11 is 0. The van der Waals surface area contributed by atoms with Crippen molar-refractivity contribution in [2.75, 3.05) is 19.4 Å². The van der Waals surface area contributed by atoms with Crippen molar-refractivity contribution in [1.29, 1.82) is 0 Å². The number of anilines is 1. The van der Waals surface area contributed by atoms with Crippen LogP contribution in [0.15, 0.2) is 23.2 Å². The first-order valence-electron chi connectivity index (χ1n) is 11.6. The van der Waals surface area contributed by atoms with Gasteiger partial charge in [-0.05, 0) is 69.5 Å². The number of carbonyl (C=O) groups excluding carboxylic acids is 1. The number of nitrogens with one attached hydrogen (secondary N) is 2. The van der Waals surface area contributed by atoms with Crippen LogP contribution < -0.4 is 10.0 Å². The molecule has 2 rings (SSSR count). The number of nitrogens with zero attached hydrogens (tertiary/aromatic N) is 3. The van der Waals surface area contributed by atoms with E-state index in [0.29, 0.717) is 16.8 Å². The SMILES string of the molecule is CCC(c1cc(S(=O)(=O)NC(=O)Nc2c(C(C)C)cc(F)cc2C(C)C)nn1C(C)C)N(C)C. The van der Waals surface area contributed by atoms with E-state index in [4.69, 9.17) is 0 Å². The molecule has 34 heavy (non-hydrogen) atoms. The van der Waals surface area contributed by atoms with Crippen LogP contribution >= 0.6 is 0 Å². The Balaban J connectivity index is 2.42. The molecule has 1 atom stereocenters. The number of benzene rings is 1. The van der Waals surface area contributed by atoms with E-state index in [1.807, 2.05) is 67.5 Å². The zero-order chi connectivity index (χ0) is 26.0. The molecule has 0 saturated carbocycles. The molecule has 0 bridgehead atoms. The van der Waals surface area contributed by atoms with Gasteiger partial charge in [0.25, 0.3) is 10.0 Å². The zero-order valence-electron chi connectivity index (χ0n) is 21.6. The summed E-state index contributed by atoms with van der Waals surface area (Å²) in [6.07, 6.45) is 0.763. The van der Waals surface area contributed by atoms with Gasteiger partial charge in [-0.1, -0.05) is 34.6 Å². The van der Waals surface area contributed by atoms with Crippen molar-refractivity contribution in [2.45, 2.75) is 83.8 Å². The van der Waals surface area contributed by atoms with Gasteiger partial charge in [0.05, 0.1) is 11.7 Å². The smallest absolute Gasteiger partial charge is 0.307 e. The van der Waals surface area contributed by atoms with E-state index in [1.165, 1.54) is 18.2 Å². The van der Waals surface area contributed by atoms with Crippen molar-refractivity contribution < 1.29 is 17.6 Å². The highest BCUT2D eigenvalue weighted by Gasteiger charge is 2.28. The minimum absolute atomic E-state index is 0.0332. The van der Waals surface area contributed by atoms with Gasteiger partial charge < -0.3 is 10.2 Å². The fourth-order valence-corrected chi connectivity index (χ4v) is 4.91. The first kappa shape index (κ1) is 27.8. The van der Waals surface area contributed by atoms with E-state index in [2.05, 4.69) is 15.1 Å². The largest absolute Gasteiger partial charge is 0.333 e. The number of hydrogen-bond acceptors (Lipinski definition) is 5. The lowest BCUT2D eigenvalue weighted by atomic mass is 9.92. The maximum absolute atomic E-state index is 14.2. The van der Waals surface area contributed by atoms with Gasteiger partial charge in [0, 0.05) is 17.8 Å². The molecule has 0 radical (unpaired) electrons. The molecule has 0 fully saturated rings. The van der Waals surface area contributed by atoms with Crippen LogP contribution in [-0.4, -0.2) is 43.2 Å². The Morgan fingerprint density at radius 2 is 1.59 bits per heavy atom. The van der Waals surface area contributed by atoms with E-state index in [0.717, 1.165) is 12.1 Å². The minimum atomic E-state index is -4.24. The molecule has 1 aromatic heterocycles. The van der Waals surface area contributed by atoms with Gasteiger partial charge >= 0.3 is 6.03 Å². The van der Waals surface area contributed by atoms with E-state index in [9.17, 15) is 17.6 Å². The molecule has 10 heteroatoms. The predicted octanol–water partition coefficient (Wildman–Crippen LogP) is 5.37. The highest BCUT2D eigenvalue weighted by Crippen LogP contribution is 2.34. The molecule has 1 aromatic carbocycles. The second-order valence-electron chi connectivity index (χ2n) is 9.66. The first-order chi connectivity index (χ1) is 15.7. The van der Waals surface area contributed by atoms with Crippen LogP contribution in [0.1, 0.15) is 95.6 Å². The molecule has 2 N–H and O–H groups in total. The summed E-state index contributed by atoms with van der Waals surface area (Å²) in [5.41, 5.74) is 2.37. The standard InChI is InChI=1S/C24H38FN5O3S/c1-10-20(29(8)9)21-13-22(27-30(21)16(6)7)34(32,33)28-24(31)26-23-18(14(2)3)11-17(25)12-19(23)15(4)5/h11-16,20H,10H2,1-9H3,(H2,26,28,31). The number of aromatic nitrogens is 2. The number of amides is 2. The molecular weight excluding hydrogens is 457 g/mol. The third-order valence-corrected chi connectivity index (χ3v) is 6.94. The fourth-order valence-electron chi connectivity index (χ4n) is 4.04. The number of sulfonamides is 1. The molecule has 0 saturated heterocycles. The van der Waals surface area contributed by atoms with Crippen LogP contribution in [0.25, 0.3) is 0 Å². The van der Waals surface area contributed by atoms with Gasteiger partial charge in [-0.25, -0.2) is 13.9 Å². The minimum Gasteiger partial charge on any atom is -0.307 e. The number of carbonyl (C=O) groups is 1. The summed E-state index contributed by atoms with van der Waals surface area (Å²) in [5, 5.41) is 6.74. The van der Waals surface area contributed by atoms with Crippen LogP contribution in [0.2, 0.25) is 0 Å². The predicted molar refractivity (Wildman–Crippen MR) is 133 cm³/mol. The van der Waals surface area contributed by atoms with Crippen molar-refractivity contribution in [3.8, 4) is 0 Å². The summed E-state index contributed by atoms with van der Waals surface area (Å²) < 4.78 is 44.1. The maximum atomic E-state index is 14.2. The summed E-state index contributed by atoms with van der Waals surface area (Å²) in [6.45, 7) is 13.4. The molecule has 1 heterocycles. The molecule has 190 valence electrons. The Morgan fingerprint density at radius 3 is 2.00 bits per heavy atom. The number of hydrogen-bond donors (Lipinski definition) is 2. The number of halogens is 1. The molecule has 0 aliphatic rings. The van der Waals surface area contributed by atoms with Gasteiger partial charge in [0.15, 0.2) is 5.03 Å². The normalized spacial score (nSPS) is 13.2. The van der Waals surface area contributed by atoms with Crippen molar-refractivity contribution in [1.82, 2.24) is 19.4 Å². The molecule has 2 aromatic rings. The summed E-state index contributed by atoms with van der Waals surface area (Å²) in [6, 6.07) is 3.22. The van der Waals surface area contributed by atoms with E-state index in [-0.39, 0.29) is 28.9 Å². The molecule has 2 amide bonds. The van der Waals surface area contributed by atoms with Gasteiger partial charge in [0.2, 0.25) is 0 Å². The maximum Gasteiger partial charge on any atom is 0.333 e. The van der Waals surface area contributed by atoms with Gasteiger partial charge in [-0.2, -0.15) is 13.5 Å².